The van der Waals surface area contributed by atoms with Crippen LogP contribution < -0.4 is 11.1 Å². The molecular formula is C7H13ClN2S. The van der Waals surface area contributed by atoms with E-state index in [0.29, 0.717) is 0 Å². The first-order chi connectivity index (χ1) is 4.83. The highest BCUT2D eigenvalue weighted by Gasteiger charge is 2.07. The molecule has 0 saturated carbocycles. The predicted molar refractivity (Wildman–Crippen MR) is 54.0 cm³/mol. The van der Waals surface area contributed by atoms with Crippen molar-refractivity contribution < 1.29 is 0 Å². The molecule has 0 unspecified atom stereocenters. The van der Waals surface area contributed by atoms with Crippen LogP contribution in [0, 0.1) is 0 Å². The van der Waals surface area contributed by atoms with Gasteiger partial charge in [-0.1, -0.05) is 12.2 Å². The molecule has 2 nitrogen and oxygen atoms in total. The minimum Gasteiger partial charge on any atom is -0.356 e. The van der Waals surface area contributed by atoms with Gasteiger partial charge in [-0.25, -0.2) is 0 Å². The molecule has 64 valence electrons. The Morgan fingerprint density at radius 2 is 2.36 bits per heavy atom. The lowest BCUT2D eigenvalue weighted by molar-refractivity contribution is 0.817. The number of rotatable bonds is 3. The Hall–Kier alpha value is -0.120. The Morgan fingerprint density at radius 3 is 2.82 bits per heavy atom. The molecule has 1 rings (SSSR count). The summed E-state index contributed by atoms with van der Waals surface area (Å²) in [5, 5.41) is 3.01. The third-order valence-corrected chi connectivity index (χ3v) is 1.79. The van der Waals surface area contributed by atoms with E-state index < -0.39 is 0 Å². The van der Waals surface area contributed by atoms with Crippen molar-refractivity contribution in [1.82, 2.24) is 5.32 Å². The molecule has 11 heavy (non-hydrogen) atoms. The first-order valence-electron chi connectivity index (χ1n) is 3.50. The molecule has 1 aliphatic heterocycles. The summed E-state index contributed by atoms with van der Waals surface area (Å²) in [6.45, 7) is 0.768. The van der Waals surface area contributed by atoms with E-state index in [2.05, 4.69) is 5.32 Å². The van der Waals surface area contributed by atoms with Crippen LogP contribution in [0.2, 0.25) is 0 Å². The fraction of sp³-hybridized carbons (Fsp3) is 0.571. The van der Waals surface area contributed by atoms with E-state index in [9.17, 15) is 0 Å². The topological polar surface area (TPSA) is 38.0 Å². The molecule has 0 atom stereocenters. The summed E-state index contributed by atoms with van der Waals surface area (Å²) >= 11 is 4.95. The summed E-state index contributed by atoms with van der Waals surface area (Å²) in [5.74, 6) is 0. The van der Waals surface area contributed by atoms with Crippen molar-refractivity contribution in [1.29, 1.82) is 0 Å². The first kappa shape index (κ1) is 10.9. The van der Waals surface area contributed by atoms with Crippen molar-refractivity contribution in [2.24, 2.45) is 5.73 Å². The summed E-state index contributed by atoms with van der Waals surface area (Å²) < 4.78 is 0. The minimum atomic E-state index is 0. The van der Waals surface area contributed by atoms with Crippen LogP contribution in [-0.2, 0) is 0 Å². The van der Waals surface area contributed by atoms with Gasteiger partial charge in [0.1, 0.15) is 0 Å². The Labute approximate surface area is 78.6 Å². The van der Waals surface area contributed by atoms with Crippen LogP contribution >= 0.6 is 24.6 Å². The highest BCUT2D eigenvalue weighted by Crippen LogP contribution is 2.13. The van der Waals surface area contributed by atoms with Crippen molar-refractivity contribution >= 4 is 29.6 Å². The molecule has 1 heterocycles. The van der Waals surface area contributed by atoms with Crippen LogP contribution in [0.3, 0.4) is 0 Å². The lowest BCUT2D eigenvalue weighted by atomic mass is 10.1. The monoisotopic (exact) mass is 192 g/mol. The molecule has 0 saturated heterocycles. The quantitative estimate of drug-likeness (QED) is 0.664. The van der Waals surface area contributed by atoms with Crippen LogP contribution in [0.4, 0.5) is 0 Å². The van der Waals surface area contributed by atoms with E-state index in [1.54, 1.807) is 0 Å². The van der Waals surface area contributed by atoms with Gasteiger partial charge in [0.15, 0.2) is 0 Å². The maximum Gasteiger partial charge on any atom is 0.0834 e. The van der Waals surface area contributed by atoms with Gasteiger partial charge in [-0.05, 0) is 25.0 Å². The van der Waals surface area contributed by atoms with E-state index >= 15 is 0 Å². The second kappa shape index (κ2) is 5.52. The van der Waals surface area contributed by atoms with Crippen LogP contribution in [0.15, 0.2) is 11.8 Å². The number of nitrogens with one attached hydrogen (secondary N) is 1. The van der Waals surface area contributed by atoms with Gasteiger partial charge in [0.25, 0.3) is 0 Å². The number of hydrogen-bond donors (Lipinski definition) is 2. The third-order valence-electron chi connectivity index (χ3n) is 1.53. The molecule has 4 heteroatoms. The van der Waals surface area contributed by atoms with E-state index in [0.717, 1.165) is 30.8 Å². The zero-order valence-electron chi connectivity index (χ0n) is 6.30. The predicted octanol–water partition coefficient (Wildman–Crippen LogP) is 1.35. The summed E-state index contributed by atoms with van der Waals surface area (Å²) in [6, 6.07) is 0. The van der Waals surface area contributed by atoms with Crippen molar-refractivity contribution in [3.8, 4) is 0 Å². The highest BCUT2D eigenvalue weighted by molar-refractivity contribution is 7.80. The van der Waals surface area contributed by atoms with Gasteiger partial charge in [-0.3, -0.25) is 0 Å². The largest absolute Gasteiger partial charge is 0.356 e. The van der Waals surface area contributed by atoms with Gasteiger partial charge in [-0.2, -0.15) is 0 Å². The van der Waals surface area contributed by atoms with Crippen molar-refractivity contribution in [3.63, 3.8) is 0 Å². The van der Waals surface area contributed by atoms with Gasteiger partial charge in [0.05, 0.1) is 4.99 Å². The van der Waals surface area contributed by atoms with Crippen molar-refractivity contribution in [2.45, 2.75) is 19.3 Å². The van der Waals surface area contributed by atoms with E-state index in [1.807, 2.05) is 6.20 Å². The molecule has 0 aromatic carbocycles. The van der Waals surface area contributed by atoms with Gasteiger partial charge in [-0.15, -0.1) is 12.4 Å². The molecule has 0 aromatic heterocycles. The van der Waals surface area contributed by atoms with Crippen LogP contribution in [-0.4, -0.2) is 11.5 Å². The first-order valence-corrected chi connectivity index (χ1v) is 3.91. The SMILES string of the molecule is Cl.NCCCC1=CNC(=S)C1. The molecule has 0 aromatic rings. The molecule has 0 fully saturated rings. The second-order valence-electron chi connectivity index (χ2n) is 2.44. The van der Waals surface area contributed by atoms with Crippen LogP contribution in [0.5, 0.6) is 0 Å². The average Bonchev–Trinajstić information content (AvgIpc) is 2.31. The Balaban J connectivity index is 0.000001000. The zero-order chi connectivity index (χ0) is 7.40. The minimum absolute atomic E-state index is 0. The molecular weight excluding hydrogens is 180 g/mol. The molecule has 0 spiro atoms. The molecule has 0 aliphatic carbocycles. The van der Waals surface area contributed by atoms with E-state index in [4.69, 9.17) is 18.0 Å². The molecule has 0 amide bonds. The average molecular weight is 193 g/mol. The zero-order valence-corrected chi connectivity index (χ0v) is 7.93. The Kier molecular flexibility index (Phi) is 5.46. The summed E-state index contributed by atoms with van der Waals surface area (Å²) in [6.07, 6.45) is 5.09. The fourth-order valence-electron chi connectivity index (χ4n) is 0.981. The van der Waals surface area contributed by atoms with Gasteiger partial charge in [0, 0.05) is 12.6 Å². The number of halogens is 1. The maximum absolute atomic E-state index is 5.36. The number of hydrogen-bond acceptors (Lipinski definition) is 2. The molecule has 1 aliphatic rings. The number of nitrogens with two attached hydrogens (primary N) is 1. The Bertz CT molecular complexity index is 168. The third kappa shape index (κ3) is 3.70. The smallest absolute Gasteiger partial charge is 0.0834 e. The second-order valence-corrected chi connectivity index (χ2v) is 2.93. The highest BCUT2D eigenvalue weighted by atomic mass is 35.5. The molecule has 0 bridgehead atoms. The lowest BCUT2D eigenvalue weighted by Gasteiger charge is -1.95. The Morgan fingerprint density at radius 1 is 1.64 bits per heavy atom. The maximum atomic E-state index is 5.36. The van der Waals surface area contributed by atoms with Crippen molar-refractivity contribution in [2.75, 3.05) is 6.54 Å². The summed E-state index contributed by atoms with van der Waals surface area (Å²) in [7, 11) is 0. The van der Waals surface area contributed by atoms with Crippen LogP contribution in [0.1, 0.15) is 19.3 Å². The number of thiocarbonyl (C=S) groups is 1. The van der Waals surface area contributed by atoms with Gasteiger partial charge >= 0.3 is 0 Å². The lowest BCUT2D eigenvalue weighted by Crippen LogP contribution is -2.05. The summed E-state index contributed by atoms with van der Waals surface area (Å²) in [4.78, 5) is 0.937. The molecule has 3 N–H and O–H groups in total. The fourth-order valence-corrected chi connectivity index (χ4v) is 1.22. The van der Waals surface area contributed by atoms with E-state index in [-0.39, 0.29) is 12.4 Å². The standard InChI is InChI=1S/C7H12N2S.ClH/c8-3-1-2-6-4-7(10)9-5-6;/h5H,1-4,8H2,(H,9,10);1H. The normalized spacial score (nSPS) is 15.4. The van der Waals surface area contributed by atoms with Gasteiger partial charge in [0.2, 0.25) is 0 Å². The van der Waals surface area contributed by atoms with Crippen molar-refractivity contribution in [3.05, 3.63) is 11.8 Å². The summed E-state index contributed by atoms with van der Waals surface area (Å²) in [5.41, 5.74) is 6.75. The van der Waals surface area contributed by atoms with E-state index in [1.165, 1.54) is 5.57 Å². The molecule has 0 radical (unpaired) electrons. The van der Waals surface area contributed by atoms with Gasteiger partial charge < -0.3 is 11.1 Å². The van der Waals surface area contributed by atoms with Crippen LogP contribution in [0.25, 0.3) is 0 Å².